The number of anilines is 1. The molecule has 3 aromatic rings. The molecular formula is C21H24FN7. The number of aromatic nitrogens is 4. The van der Waals surface area contributed by atoms with Crippen molar-refractivity contribution in [2.45, 2.75) is 32.7 Å². The predicted molar refractivity (Wildman–Crippen MR) is 109 cm³/mol. The maximum absolute atomic E-state index is 13.7. The summed E-state index contributed by atoms with van der Waals surface area (Å²) in [5.41, 5.74) is 0.929. The molecule has 0 aromatic carbocycles. The average molecular weight is 393 g/mol. The fourth-order valence-electron chi connectivity index (χ4n) is 3.80. The Kier molecular flexibility index (Phi) is 5.16. The van der Waals surface area contributed by atoms with Crippen LogP contribution in [0.3, 0.4) is 0 Å². The molecule has 1 N–H and O–H groups in total. The zero-order valence-electron chi connectivity index (χ0n) is 16.6. The van der Waals surface area contributed by atoms with Crippen LogP contribution >= 0.6 is 0 Å². The minimum atomic E-state index is -0.359. The largest absolute Gasteiger partial charge is 0.366 e. The second-order valence-electron chi connectivity index (χ2n) is 8.20. The van der Waals surface area contributed by atoms with Gasteiger partial charge in [-0.1, -0.05) is 0 Å². The highest BCUT2D eigenvalue weighted by atomic mass is 19.1. The van der Waals surface area contributed by atoms with Gasteiger partial charge in [0.2, 0.25) is 0 Å². The highest BCUT2D eigenvalue weighted by Gasteiger charge is 2.26. The Morgan fingerprint density at radius 2 is 2.17 bits per heavy atom. The Bertz CT molecular complexity index is 1050. The Morgan fingerprint density at radius 1 is 1.31 bits per heavy atom. The van der Waals surface area contributed by atoms with Crippen molar-refractivity contribution in [3.63, 3.8) is 0 Å². The van der Waals surface area contributed by atoms with Gasteiger partial charge in [-0.2, -0.15) is 5.26 Å². The summed E-state index contributed by atoms with van der Waals surface area (Å²) in [7, 11) is 0. The van der Waals surface area contributed by atoms with E-state index in [1.54, 1.807) is 22.9 Å². The summed E-state index contributed by atoms with van der Waals surface area (Å²) in [6.07, 6.45) is 6.85. The molecule has 7 nitrogen and oxygen atoms in total. The summed E-state index contributed by atoms with van der Waals surface area (Å²) in [5.74, 6) is 0.882. The number of nitrogens with zero attached hydrogens (tertiary/aromatic N) is 6. The van der Waals surface area contributed by atoms with E-state index in [-0.39, 0.29) is 17.3 Å². The van der Waals surface area contributed by atoms with Gasteiger partial charge >= 0.3 is 0 Å². The number of halogens is 1. The van der Waals surface area contributed by atoms with E-state index >= 15 is 0 Å². The van der Waals surface area contributed by atoms with Crippen LogP contribution in [0.1, 0.15) is 26.7 Å². The van der Waals surface area contributed by atoms with Crippen LogP contribution < -0.4 is 5.32 Å². The van der Waals surface area contributed by atoms with E-state index in [1.807, 2.05) is 19.9 Å². The second-order valence-corrected chi connectivity index (χ2v) is 8.20. The molecule has 1 aliphatic heterocycles. The van der Waals surface area contributed by atoms with Gasteiger partial charge in [0.15, 0.2) is 5.82 Å². The van der Waals surface area contributed by atoms with Gasteiger partial charge < -0.3 is 5.32 Å². The van der Waals surface area contributed by atoms with Gasteiger partial charge in [-0.25, -0.2) is 19.3 Å². The number of nitriles is 1. The third kappa shape index (κ3) is 4.35. The van der Waals surface area contributed by atoms with Crippen LogP contribution in [0.25, 0.3) is 17.2 Å². The van der Waals surface area contributed by atoms with Crippen molar-refractivity contribution >= 4 is 11.5 Å². The molecule has 150 valence electrons. The standard InChI is InChI=1S/C21H24FN7/c1-21(2,13-23)14-28-9-3-4-16(12-28)26-18-7-8-24-20(27-18)17-10-25-19-6-5-15(22)11-29(17)19/h5-8,10-11,16H,3-4,9,12,14H2,1-2H3,(H,24,26,27)/t16-/m0/s1. The monoisotopic (exact) mass is 393 g/mol. The Morgan fingerprint density at radius 3 is 3.00 bits per heavy atom. The molecule has 1 atom stereocenters. The predicted octanol–water partition coefficient (Wildman–Crippen LogP) is 3.36. The lowest BCUT2D eigenvalue weighted by atomic mass is 9.93. The van der Waals surface area contributed by atoms with E-state index < -0.39 is 0 Å². The molecule has 0 aliphatic carbocycles. The topological polar surface area (TPSA) is 82.1 Å². The molecule has 1 aliphatic rings. The second kappa shape index (κ2) is 7.76. The van der Waals surface area contributed by atoms with Crippen LogP contribution in [0.4, 0.5) is 10.2 Å². The Hall–Kier alpha value is -3.05. The molecule has 4 rings (SSSR count). The van der Waals surface area contributed by atoms with Crippen LogP contribution in [0.15, 0.2) is 36.8 Å². The van der Waals surface area contributed by atoms with Crippen LogP contribution in [-0.4, -0.2) is 49.9 Å². The van der Waals surface area contributed by atoms with Crippen LogP contribution in [-0.2, 0) is 0 Å². The van der Waals surface area contributed by atoms with Crippen molar-refractivity contribution in [3.8, 4) is 17.6 Å². The molecule has 29 heavy (non-hydrogen) atoms. The van der Waals surface area contributed by atoms with E-state index in [0.717, 1.165) is 38.3 Å². The average Bonchev–Trinajstić information content (AvgIpc) is 3.11. The van der Waals surface area contributed by atoms with E-state index in [0.29, 0.717) is 17.2 Å². The molecule has 3 aromatic heterocycles. The first-order valence-corrected chi connectivity index (χ1v) is 9.80. The number of rotatable bonds is 5. The van der Waals surface area contributed by atoms with Crippen molar-refractivity contribution < 1.29 is 4.39 Å². The van der Waals surface area contributed by atoms with E-state index in [9.17, 15) is 9.65 Å². The van der Waals surface area contributed by atoms with E-state index in [2.05, 4.69) is 31.2 Å². The maximum atomic E-state index is 13.7. The molecule has 0 amide bonds. The molecule has 1 saturated heterocycles. The minimum absolute atomic E-state index is 0.251. The molecule has 0 spiro atoms. The third-order valence-corrected chi connectivity index (χ3v) is 5.13. The first kappa shape index (κ1) is 19.3. The quantitative estimate of drug-likeness (QED) is 0.716. The number of pyridine rings is 1. The lowest BCUT2D eigenvalue weighted by Gasteiger charge is -2.36. The van der Waals surface area contributed by atoms with E-state index in [1.165, 1.54) is 12.3 Å². The lowest BCUT2D eigenvalue weighted by molar-refractivity contribution is 0.173. The number of imidazole rings is 1. The molecule has 0 saturated carbocycles. The van der Waals surface area contributed by atoms with Gasteiger partial charge in [0.05, 0.1) is 17.7 Å². The van der Waals surface area contributed by atoms with Gasteiger partial charge in [-0.05, 0) is 51.4 Å². The number of piperidine rings is 1. The molecular weight excluding hydrogens is 369 g/mol. The van der Waals surface area contributed by atoms with Gasteiger partial charge in [-0.3, -0.25) is 9.30 Å². The fraction of sp³-hybridized carbons (Fsp3) is 0.429. The SMILES string of the molecule is CC(C)(C#N)CN1CCC[C@H](Nc2ccnc(-c3cnc4ccc(F)cn34)n2)C1. The fourth-order valence-corrected chi connectivity index (χ4v) is 3.80. The molecule has 8 heteroatoms. The Balaban J connectivity index is 1.50. The zero-order chi connectivity index (χ0) is 20.4. The lowest BCUT2D eigenvalue weighted by Crippen LogP contribution is -2.45. The van der Waals surface area contributed by atoms with Crippen molar-refractivity contribution in [3.05, 3.63) is 42.6 Å². The van der Waals surface area contributed by atoms with Crippen LogP contribution in [0.5, 0.6) is 0 Å². The van der Waals surface area contributed by atoms with Crippen molar-refractivity contribution in [1.82, 2.24) is 24.3 Å². The van der Waals surface area contributed by atoms with Gasteiger partial charge in [0, 0.05) is 31.5 Å². The van der Waals surface area contributed by atoms with Gasteiger partial charge in [0.1, 0.15) is 23.0 Å². The smallest absolute Gasteiger partial charge is 0.180 e. The van der Waals surface area contributed by atoms with Gasteiger partial charge in [0.25, 0.3) is 0 Å². The van der Waals surface area contributed by atoms with Crippen molar-refractivity contribution in [1.29, 1.82) is 5.26 Å². The third-order valence-electron chi connectivity index (χ3n) is 5.13. The molecule has 0 radical (unpaired) electrons. The summed E-state index contributed by atoms with van der Waals surface area (Å²) in [4.78, 5) is 15.6. The number of nitrogens with one attached hydrogen (secondary N) is 1. The normalized spacial score (nSPS) is 17.9. The van der Waals surface area contributed by atoms with Crippen molar-refractivity contribution in [2.75, 3.05) is 25.0 Å². The molecule has 1 fully saturated rings. The highest BCUT2D eigenvalue weighted by molar-refractivity contribution is 5.58. The summed E-state index contributed by atoms with van der Waals surface area (Å²) in [6, 6.07) is 7.47. The summed E-state index contributed by atoms with van der Waals surface area (Å²) < 4.78 is 15.3. The van der Waals surface area contributed by atoms with Crippen LogP contribution in [0.2, 0.25) is 0 Å². The molecule has 4 heterocycles. The van der Waals surface area contributed by atoms with Crippen LogP contribution in [0, 0.1) is 22.6 Å². The number of fused-ring (bicyclic) bond motifs is 1. The zero-order valence-corrected chi connectivity index (χ0v) is 16.6. The molecule has 0 unspecified atom stereocenters. The Labute approximate surface area is 169 Å². The minimum Gasteiger partial charge on any atom is -0.366 e. The number of likely N-dealkylation sites (tertiary alicyclic amines) is 1. The summed E-state index contributed by atoms with van der Waals surface area (Å²) in [6.45, 7) is 6.57. The number of hydrogen-bond donors (Lipinski definition) is 1. The first-order valence-electron chi connectivity index (χ1n) is 9.80. The summed E-state index contributed by atoms with van der Waals surface area (Å²) >= 11 is 0. The van der Waals surface area contributed by atoms with E-state index in [4.69, 9.17) is 0 Å². The van der Waals surface area contributed by atoms with Crippen molar-refractivity contribution in [2.24, 2.45) is 5.41 Å². The maximum Gasteiger partial charge on any atom is 0.180 e. The molecule has 0 bridgehead atoms. The number of hydrogen-bond acceptors (Lipinski definition) is 6. The first-order chi connectivity index (χ1) is 13.9. The highest BCUT2D eigenvalue weighted by Crippen LogP contribution is 2.22. The summed E-state index contributed by atoms with van der Waals surface area (Å²) in [5, 5.41) is 12.8. The van der Waals surface area contributed by atoms with Gasteiger partial charge in [-0.15, -0.1) is 0 Å².